The lowest BCUT2D eigenvalue weighted by molar-refractivity contribution is -0.131. The number of carbonyl (C=O) groups excluding carboxylic acids is 1. The van der Waals surface area contributed by atoms with Gasteiger partial charge in [0.15, 0.2) is 0 Å². The highest BCUT2D eigenvalue weighted by molar-refractivity contribution is 9.10. The lowest BCUT2D eigenvalue weighted by Crippen LogP contribution is -2.38. The van der Waals surface area contributed by atoms with E-state index in [-0.39, 0.29) is 11.9 Å². The zero-order chi connectivity index (χ0) is 16.8. The number of H-pyrrole nitrogens is 1. The highest BCUT2D eigenvalue weighted by atomic mass is 79.9. The van der Waals surface area contributed by atoms with Crippen LogP contribution in [0.5, 0.6) is 5.75 Å². The van der Waals surface area contributed by atoms with Crippen molar-refractivity contribution in [3.8, 4) is 5.75 Å². The molecule has 2 aliphatic rings. The average Bonchev–Trinajstić information content (AvgIpc) is 3.25. The molecule has 1 saturated heterocycles. The number of aromatic nitrogens is 1. The molecule has 1 amide bonds. The van der Waals surface area contributed by atoms with Gasteiger partial charge in [-0.05, 0) is 46.0 Å². The van der Waals surface area contributed by atoms with Crippen LogP contribution in [0.15, 0.2) is 35.0 Å². The van der Waals surface area contributed by atoms with Crippen LogP contribution in [0.4, 0.5) is 0 Å². The Morgan fingerprint density at radius 2 is 2.25 bits per heavy atom. The molecule has 0 radical (unpaired) electrons. The van der Waals surface area contributed by atoms with E-state index in [0.717, 1.165) is 39.8 Å². The quantitative estimate of drug-likeness (QED) is 0.807. The molecule has 24 heavy (non-hydrogen) atoms. The highest BCUT2D eigenvalue weighted by Gasteiger charge is 2.44. The van der Waals surface area contributed by atoms with Gasteiger partial charge in [-0.1, -0.05) is 25.5 Å². The summed E-state index contributed by atoms with van der Waals surface area (Å²) < 4.78 is 6.21. The summed E-state index contributed by atoms with van der Waals surface area (Å²) in [5.74, 6) is 2.14. The lowest BCUT2D eigenvalue weighted by Gasteiger charge is -2.25. The molecule has 4 nitrogen and oxygen atoms in total. The van der Waals surface area contributed by atoms with Crippen molar-refractivity contribution in [3.63, 3.8) is 0 Å². The Kier molecular flexibility index (Phi) is 3.91. The minimum atomic E-state index is 0.203. The van der Waals surface area contributed by atoms with E-state index < -0.39 is 0 Å². The van der Waals surface area contributed by atoms with E-state index in [1.807, 2.05) is 18.2 Å². The van der Waals surface area contributed by atoms with Gasteiger partial charge in [0, 0.05) is 23.0 Å². The first kappa shape index (κ1) is 15.8. The van der Waals surface area contributed by atoms with Crippen molar-refractivity contribution in [2.75, 3.05) is 13.7 Å². The molecule has 3 atom stereocenters. The normalized spacial score (nSPS) is 25.0. The maximum absolute atomic E-state index is 12.9. The van der Waals surface area contributed by atoms with E-state index in [1.165, 1.54) is 0 Å². The molecule has 2 bridgehead atoms. The summed E-state index contributed by atoms with van der Waals surface area (Å²) in [6.07, 6.45) is 6.03. The van der Waals surface area contributed by atoms with E-state index in [4.69, 9.17) is 4.74 Å². The van der Waals surface area contributed by atoms with Gasteiger partial charge in [0.05, 0.1) is 24.2 Å². The van der Waals surface area contributed by atoms with Gasteiger partial charge in [0.2, 0.25) is 5.91 Å². The van der Waals surface area contributed by atoms with Gasteiger partial charge in [0.25, 0.3) is 0 Å². The van der Waals surface area contributed by atoms with Crippen molar-refractivity contribution in [1.29, 1.82) is 0 Å². The van der Waals surface area contributed by atoms with E-state index in [2.05, 4.69) is 44.9 Å². The number of rotatable bonds is 4. The minimum Gasteiger partial charge on any atom is -0.497 e. The molecule has 5 heteroatoms. The predicted molar refractivity (Wildman–Crippen MR) is 98.2 cm³/mol. The Hall–Kier alpha value is -1.75. The molecular weight excluding hydrogens is 368 g/mol. The van der Waals surface area contributed by atoms with Crippen molar-refractivity contribution in [1.82, 2.24) is 9.88 Å². The summed E-state index contributed by atoms with van der Waals surface area (Å²) in [5.41, 5.74) is 2.02. The maximum atomic E-state index is 12.9. The van der Waals surface area contributed by atoms with Gasteiger partial charge in [-0.25, -0.2) is 0 Å². The number of carbonyl (C=O) groups is 1. The summed E-state index contributed by atoms with van der Waals surface area (Å²) >= 11 is 3.58. The standard InChI is InChI=1S/C19H21BrN2O2/c1-3-13-11-4-7-17(13)22(10-11)18(23)9-15-14-8-12(24-2)5-6-16(14)21-19(15)20/h4-8,11,13,17,21H,3,9-10H2,1-2H3/t11-,13?,17-/m1/s1. The van der Waals surface area contributed by atoms with Gasteiger partial charge in [-0.15, -0.1) is 0 Å². The van der Waals surface area contributed by atoms with Gasteiger partial charge < -0.3 is 14.6 Å². The van der Waals surface area contributed by atoms with Gasteiger partial charge in [-0.3, -0.25) is 4.79 Å². The molecular formula is C19H21BrN2O2. The summed E-state index contributed by atoms with van der Waals surface area (Å²) in [6.45, 7) is 3.08. The number of likely N-dealkylation sites (tertiary alicyclic amines) is 1. The lowest BCUT2D eigenvalue weighted by atomic mass is 9.95. The molecule has 1 aliphatic heterocycles. The Balaban J connectivity index is 1.61. The number of hydrogen-bond acceptors (Lipinski definition) is 2. The van der Waals surface area contributed by atoms with Crippen LogP contribution in [-0.4, -0.2) is 35.5 Å². The number of nitrogens with zero attached hydrogens (tertiary/aromatic N) is 1. The van der Waals surface area contributed by atoms with Crippen molar-refractivity contribution >= 4 is 32.7 Å². The van der Waals surface area contributed by atoms with Crippen molar-refractivity contribution < 1.29 is 9.53 Å². The zero-order valence-corrected chi connectivity index (χ0v) is 15.5. The minimum absolute atomic E-state index is 0.203. The Morgan fingerprint density at radius 1 is 1.42 bits per heavy atom. The number of aromatic amines is 1. The monoisotopic (exact) mass is 388 g/mol. The third kappa shape index (κ3) is 2.37. The van der Waals surface area contributed by atoms with Crippen LogP contribution < -0.4 is 4.74 Å². The van der Waals surface area contributed by atoms with Crippen LogP contribution in [0.1, 0.15) is 18.9 Å². The number of ether oxygens (including phenoxy) is 1. The molecule has 1 aromatic carbocycles. The van der Waals surface area contributed by atoms with Crippen molar-refractivity contribution in [2.24, 2.45) is 11.8 Å². The van der Waals surface area contributed by atoms with Crippen molar-refractivity contribution in [2.45, 2.75) is 25.8 Å². The van der Waals surface area contributed by atoms with Crippen LogP contribution in [0.25, 0.3) is 10.9 Å². The fourth-order valence-corrected chi connectivity index (χ4v) is 4.80. The largest absolute Gasteiger partial charge is 0.497 e. The smallest absolute Gasteiger partial charge is 0.227 e. The maximum Gasteiger partial charge on any atom is 0.227 e. The van der Waals surface area contributed by atoms with Gasteiger partial charge in [-0.2, -0.15) is 0 Å². The number of amides is 1. The first-order chi connectivity index (χ1) is 11.6. The number of fused-ring (bicyclic) bond motifs is 3. The molecule has 1 aliphatic carbocycles. The third-order valence-electron chi connectivity index (χ3n) is 5.49. The second-order valence-corrected chi connectivity index (χ2v) is 7.46. The first-order valence-corrected chi connectivity index (χ1v) is 9.23. The van der Waals surface area contributed by atoms with Crippen LogP contribution in [0.2, 0.25) is 0 Å². The van der Waals surface area contributed by atoms with Crippen LogP contribution >= 0.6 is 15.9 Å². The third-order valence-corrected chi connectivity index (χ3v) is 6.17. The molecule has 1 fully saturated rings. The molecule has 4 rings (SSSR count). The first-order valence-electron chi connectivity index (χ1n) is 8.44. The molecule has 0 saturated carbocycles. The predicted octanol–water partition coefficient (Wildman–Crippen LogP) is 3.90. The number of hydrogen-bond donors (Lipinski definition) is 1. The Bertz CT molecular complexity index is 826. The van der Waals surface area contributed by atoms with E-state index in [9.17, 15) is 4.79 Å². The molecule has 1 aromatic heterocycles. The molecule has 126 valence electrons. The van der Waals surface area contributed by atoms with E-state index >= 15 is 0 Å². The topological polar surface area (TPSA) is 45.3 Å². The van der Waals surface area contributed by atoms with Crippen LogP contribution in [-0.2, 0) is 11.2 Å². The van der Waals surface area contributed by atoms with Crippen molar-refractivity contribution in [3.05, 3.63) is 40.5 Å². The molecule has 1 N–H and O–H groups in total. The molecule has 2 aromatic rings. The molecule has 1 unspecified atom stereocenters. The second-order valence-electron chi connectivity index (χ2n) is 6.66. The fraction of sp³-hybridized carbons (Fsp3) is 0.421. The zero-order valence-electron chi connectivity index (χ0n) is 13.9. The number of halogens is 1. The molecule has 2 heterocycles. The molecule has 0 spiro atoms. The number of nitrogens with one attached hydrogen (secondary N) is 1. The summed E-state index contributed by atoms with van der Waals surface area (Å²) in [5, 5.41) is 1.04. The second kappa shape index (κ2) is 5.96. The fourth-order valence-electron chi connectivity index (χ4n) is 4.23. The highest BCUT2D eigenvalue weighted by Crippen LogP contribution is 2.40. The summed E-state index contributed by atoms with van der Waals surface area (Å²) in [7, 11) is 1.66. The summed E-state index contributed by atoms with van der Waals surface area (Å²) in [6, 6.07) is 6.18. The van der Waals surface area contributed by atoms with Gasteiger partial charge in [0.1, 0.15) is 5.75 Å². The van der Waals surface area contributed by atoms with E-state index in [0.29, 0.717) is 18.3 Å². The van der Waals surface area contributed by atoms with E-state index in [1.54, 1.807) is 7.11 Å². The Labute approximate surface area is 150 Å². The average molecular weight is 389 g/mol. The van der Waals surface area contributed by atoms with Gasteiger partial charge >= 0.3 is 0 Å². The van der Waals surface area contributed by atoms with Crippen LogP contribution in [0, 0.1) is 11.8 Å². The van der Waals surface area contributed by atoms with Crippen LogP contribution in [0.3, 0.4) is 0 Å². The SMILES string of the molecule is CCC1[C@@H]2C=C[C@H]1N(C(=O)Cc1c(Br)[nH]c3ccc(OC)cc13)C2. The Morgan fingerprint density at radius 3 is 2.96 bits per heavy atom. The summed E-state index contributed by atoms with van der Waals surface area (Å²) in [4.78, 5) is 18.3. The number of methoxy groups -OCH3 is 1. The number of benzene rings is 1.